The summed E-state index contributed by atoms with van der Waals surface area (Å²) in [5.41, 5.74) is 16.1. The van der Waals surface area contributed by atoms with Gasteiger partial charge in [-0.1, -0.05) is 170 Å². The molecule has 0 unspecified atom stereocenters. The maximum atomic E-state index is 7.16. The van der Waals surface area contributed by atoms with Gasteiger partial charge in [0.15, 0.2) is 5.75 Å². The first-order chi connectivity index (χ1) is 28.8. The lowest BCUT2D eigenvalue weighted by Gasteiger charge is -2.41. The molecule has 0 saturated heterocycles. The number of furan rings is 1. The van der Waals surface area contributed by atoms with Gasteiger partial charge in [0.25, 0.3) is 0 Å². The van der Waals surface area contributed by atoms with Crippen LogP contribution in [0.1, 0.15) is 22.3 Å². The standard InChI is InChI=1S/C55H35NO2/c1-2-14-36(15-3-1)37-28-32-39(33-29-37)56(40-34-30-38(31-35-40)41-19-12-20-45-44-18-6-10-26-51(44)57-53(41)45)50-25-13-24-49-54(50)58-52-27-11-9-23-48(52)55(49)46-21-7-4-16-42(46)43-17-5-8-22-47(43)55/h1-35H. The van der Waals surface area contributed by atoms with E-state index in [9.17, 15) is 0 Å². The van der Waals surface area contributed by atoms with Crippen LogP contribution in [0, 0.1) is 0 Å². The van der Waals surface area contributed by atoms with Crippen LogP contribution in [-0.4, -0.2) is 0 Å². The zero-order chi connectivity index (χ0) is 38.2. The normalized spacial score (nSPS) is 13.1. The molecule has 1 aliphatic heterocycles. The van der Waals surface area contributed by atoms with Crippen molar-refractivity contribution in [3.8, 4) is 44.9 Å². The monoisotopic (exact) mass is 741 g/mol. The van der Waals surface area contributed by atoms with Crippen LogP contribution in [0.3, 0.4) is 0 Å². The van der Waals surface area contributed by atoms with Crippen LogP contribution >= 0.6 is 0 Å². The van der Waals surface area contributed by atoms with E-state index >= 15 is 0 Å². The average molecular weight is 742 g/mol. The minimum absolute atomic E-state index is 0.564. The molecule has 1 spiro atoms. The molecular formula is C55H35NO2. The predicted octanol–water partition coefficient (Wildman–Crippen LogP) is 14.9. The molecule has 10 aromatic rings. The van der Waals surface area contributed by atoms with Crippen LogP contribution in [-0.2, 0) is 5.41 Å². The summed E-state index contributed by atoms with van der Waals surface area (Å²) in [6.07, 6.45) is 0. The molecule has 2 heterocycles. The van der Waals surface area contributed by atoms with Crippen LogP contribution in [0.5, 0.6) is 11.5 Å². The number of rotatable bonds is 5. The number of para-hydroxylation sites is 4. The molecule has 0 bridgehead atoms. The molecule has 0 atom stereocenters. The number of ether oxygens (including phenoxy) is 1. The first kappa shape index (κ1) is 32.6. The van der Waals surface area contributed by atoms with Crippen molar-refractivity contribution in [3.63, 3.8) is 0 Å². The van der Waals surface area contributed by atoms with Gasteiger partial charge >= 0.3 is 0 Å². The van der Waals surface area contributed by atoms with Gasteiger partial charge in [-0.25, -0.2) is 0 Å². The highest BCUT2D eigenvalue weighted by Crippen LogP contribution is 2.63. The Labute approximate surface area is 336 Å². The summed E-state index contributed by atoms with van der Waals surface area (Å²) in [5, 5.41) is 2.25. The van der Waals surface area contributed by atoms with Crippen LogP contribution in [0.15, 0.2) is 217 Å². The number of benzene rings is 9. The molecule has 1 aromatic heterocycles. The molecule has 0 fully saturated rings. The molecule has 272 valence electrons. The van der Waals surface area contributed by atoms with Crippen molar-refractivity contribution in [1.29, 1.82) is 0 Å². The maximum Gasteiger partial charge on any atom is 0.156 e. The molecule has 0 radical (unpaired) electrons. The lowest BCUT2D eigenvalue weighted by atomic mass is 9.66. The van der Waals surface area contributed by atoms with Crippen molar-refractivity contribution in [1.82, 2.24) is 0 Å². The van der Waals surface area contributed by atoms with Crippen molar-refractivity contribution in [3.05, 3.63) is 235 Å². The molecule has 58 heavy (non-hydrogen) atoms. The van der Waals surface area contributed by atoms with Gasteiger partial charge in [0.05, 0.1) is 11.1 Å². The van der Waals surface area contributed by atoms with E-state index in [0.717, 1.165) is 78.3 Å². The zero-order valence-electron chi connectivity index (χ0n) is 31.5. The lowest BCUT2D eigenvalue weighted by molar-refractivity contribution is 0.437. The highest BCUT2D eigenvalue weighted by molar-refractivity contribution is 6.09. The van der Waals surface area contributed by atoms with Crippen molar-refractivity contribution < 1.29 is 9.15 Å². The van der Waals surface area contributed by atoms with E-state index in [0.29, 0.717) is 0 Å². The minimum Gasteiger partial charge on any atom is -0.455 e. The summed E-state index contributed by atoms with van der Waals surface area (Å²) < 4.78 is 13.6. The first-order valence-electron chi connectivity index (χ1n) is 19.8. The Hall–Kier alpha value is -7.62. The van der Waals surface area contributed by atoms with Crippen LogP contribution in [0.4, 0.5) is 17.1 Å². The van der Waals surface area contributed by atoms with E-state index in [1.165, 1.54) is 27.8 Å². The lowest BCUT2D eigenvalue weighted by Crippen LogP contribution is -2.32. The number of fused-ring (bicyclic) bond motifs is 12. The van der Waals surface area contributed by atoms with Gasteiger partial charge in [-0.05, 0) is 81.4 Å². The minimum atomic E-state index is -0.564. The van der Waals surface area contributed by atoms with E-state index in [1.54, 1.807) is 0 Å². The van der Waals surface area contributed by atoms with Gasteiger partial charge in [-0.2, -0.15) is 0 Å². The van der Waals surface area contributed by atoms with E-state index < -0.39 is 5.41 Å². The summed E-state index contributed by atoms with van der Waals surface area (Å²) in [4.78, 5) is 2.34. The summed E-state index contributed by atoms with van der Waals surface area (Å²) in [6, 6.07) is 75.9. The molecule has 9 aromatic carbocycles. The smallest absolute Gasteiger partial charge is 0.156 e. The summed E-state index contributed by atoms with van der Waals surface area (Å²) in [5.74, 6) is 1.71. The van der Waals surface area contributed by atoms with Gasteiger partial charge in [-0.15, -0.1) is 0 Å². The van der Waals surface area contributed by atoms with Gasteiger partial charge in [-0.3, -0.25) is 0 Å². The second-order valence-electron chi connectivity index (χ2n) is 15.2. The molecule has 1 aliphatic carbocycles. The molecule has 0 saturated carbocycles. The Bertz CT molecular complexity index is 3150. The van der Waals surface area contributed by atoms with Crippen molar-refractivity contribution in [2.45, 2.75) is 5.41 Å². The maximum absolute atomic E-state index is 7.16. The topological polar surface area (TPSA) is 25.6 Å². The number of nitrogens with zero attached hydrogens (tertiary/aromatic N) is 1. The van der Waals surface area contributed by atoms with Crippen molar-refractivity contribution >= 4 is 39.0 Å². The summed E-state index contributed by atoms with van der Waals surface area (Å²) in [7, 11) is 0. The zero-order valence-corrected chi connectivity index (χ0v) is 31.5. The van der Waals surface area contributed by atoms with Crippen LogP contribution in [0.2, 0.25) is 0 Å². The second-order valence-corrected chi connectivity index (χ2v) is 15.2. The van der Waals surface area contributed by atoms with E-state index in [-0.39, 0.29) is 0 Å². The van der Waals surface area contributed by atoms with Gasteiger partial charge in [0.1, 0.15) is 16.9 Å². The first-order valence-corrected chi connectivity index (χ1v) is 19.8. The molecular weight excluding hydrogens is 707 g/mol. The van der Waals surface area contributed by atoms with E-state index in [2.05, 4.69) is 205 Å². The quantitative estimate of drug-likeness (QED) is 0.176. The fourth-order valence-electron chi connectivity index (χ4n) is 9.66. The Kier molecular flexibility index (Phi) is 7.14. The Balaban J connectivity index is 1.07. The van der Waals surface area contributed by atoms with Crippen molar-refractivity contribution in [2.75, 3.05) is 4.90 Å². The molecule has 12 rings (SSSR count). The Morgan fingerprint density at radius 1 is 0.362 bits per heavy atom. The van der Waals surface area contributed by atoms with E-state index in [1.807, 2.05) is 12.1 Å². The largest absolute Gasteiger partial charge is 0.455 e. The van der Waals surface area contributed by atoms with Crippen LogP contribution < -0.4 is 9.64 Å². The van der Waals surface area contributed by atoms with Crippen molar-refractivity contribution in [2.24, 2.45) is 0 Å². The third-order valence-corrected chi connectivity index (χ3v) is 12.2. The summed E-state index contributed by atoms with van der Waals surface area (Å²) in [6.45, 7) is 0. The molecule has 3 heteroatoms. The number of anilines is 3. The summed E-state index contributed by atoms with van der Waals surface area (Å²) >= 11 is 0. The number of hydrogen-bond acceptors (Lipinski definition) is 3. The Morgan fingerprint density at radius 3 is 1.64 bits per heavy atom. The Morgan fingerprint density at radius 2 is 0.897 bits per heavy atom. The predicted molar refractivity (Wildman–Crippen MR) is 237 cm³/mol. The van der Waals surface area contributed by atoms with Crippen LogP contribution in [0.25, 0.3) is 55.3 Å². The van der Waals surface area contributed by atoms with Gasteiger partial charge in [0, 0.05) is 38.8 Å². The SMILES string of the molecule is c1ccc(-c2ccc(N(c3ccc(-c4cccc5c4oc4ccccc45)cc3)c3cccc4c3Oc3ccccc3C43c4ccccc4-c4ccccc43)cc2)cc1. The third-order valence-electron chi connectivity index (χ3n) is 12.2. The van der Waals surface area contributed by atoms with E-state index in [4.69, 9.17) is 9.15 Å². The highest BCUT2D eigenvalue weighted by Gasteiger charge is 2.51. The molecule has 0 N–H and O–H groups in total. The molecule has 0 amide bonds. The highest BCUT2D eigenvalue weighted by atomic mass is 16.5. The molecule has 2 aliphatic rings. The molecule has 3 nitrogen and oxygen atoms in total. The average Bonchev–Trinajstić information content (AvgIpc) is 3.82. The number of hydrogen-bond donors (Lipinski definition) is 0. The second kappa shape index (κ2) is 12.7. The third kappa shape index (κ3) is 4.68. The fourth-order valence-corrected chi connectivity index (χ4v) is 9.66. The van der Waals surface area contributed by atoms with Gasteiger partial charge < -0.3 is 14.1 Å². The van der Waals surface area contributed by atoms with Gasteiger partial charge in [0.2, 0.25) is 0 Å². The fraction of sp³-hybridized carbons (Fsp3) is 0.0182.